The van der Waals surface area contributed by atoms with Crippen molar-refractivity contribution >= 4 is 11.8 Å². The second kappa shape index (κ2) is 5.27. The van der Waals surface area contributed by atoms with Gasteiger partial charge in [-0.2, -0.15) is 11.8 Å². The first-order valence-electron chi connectivity index (χ1n) is 4.12. The van der Waals surface area contributed by atoms with E-state index in [1.54, 1.807) is 18.6 Å². The van der Waals surface area contributed by atoms with Gasteiger partial charge in [-0.15, -0.1) is 0 Å². The molecule has 1 aromatic heterocycles. The first-order valence-corrected chi connectivity index (χ1v) is 5.28. The summed E-state index contributed by atoms with van der Waals surface area (Å²) in [5, 5.41) is 9.56. The molecule has 1 heterocycles. The van der Waals surface area contributed by atoms with Crippen LogP contribution in [0.15, 0.2) is 23.0 Å². The Balaban J connectivity index is 2.25. The molecule has 1 aromatic rings. The summed E-state index contributed by atoms with van der Waals surface area (Å²) in [7, 11) is 0. The van der Waals surface area contributed by atoms with Crippen molar-refractivity contribution in [2.24, 2.45) is 0 Å². The fraction of sp³-hybridized carbons (Fsp3) is 0.556. The van der Waals surface area contributed by atoms with E-state index in [0.717, 1.165) is 23.5 Å². The Bertz CT molecular complexity index is 196. The van der Waals surface area contributed by atoms with Gasteiger partial charge in [-0.3, -0.25) is 0 Å². The highest BCUT2D eigenvalue weighted by molar-refractivity contribution is 7.99. The molecule has 0 saturated heterocycles. The average molecular weight is 186 g/mol. The summed E-state index contributed by atoms with van der Waals surface area (Å²) in [6, 6.07) is 1.81. The molecule has 1 unspecified atom stereocenters. The van der Waals surface area contributed by atoms with Crippen molar-refractivity contribution in [2.75, 3.05) is 11.5 Å². The maximum absolute atomic E-state index is 9.56. The summed E-state index contributed by atoms with van der Waals surface area (Å²) in [5.74, 6) is 2.11. The molecular weight excluding hydrogens is 172 g/mol. The topological polar surface area (TPSA) is 33.4 Å². The zero-order valence-corrected chi connectivity index (χ0v) is 8.01. The fourth-order valence-electron chi connectivity index (χ4n) is 0.971. The van der Waals surface area contributed by atoms with E-state index >= 15 is 0 Å². The number of aliphatic hydroxyl groups is 1. The van der Waals surface area contributed by atoms with Crippen LogP contribution in [0.2, 0.25) is 0 Å². The molecule has 0 saturated carbocycles. The van der Waals surface area contributed by atoms with Crippen LogP contribution in [0.3, 0.4) is 0 Å². The van der Waals surface area contributed by atoms with Gasteiger partial charge in [0.15, 0.2) is 0 Å². The molecule has 1 atom stereocenters. The molecule has 2 nitrogen and oxygen atoms in total. The maximum atomic E-state index is 9.56. The van der Waals surface area contributed by atoms with Crippen LogP contribution in [-0.2, 0) is 0 Å². The third-order valence-corrected chi connectivity index (χ3v) is 2.60. The molecule has 0 amide bonds. The summed E-state index contributed by atoms with van der Waals surface area (Å²) >= 11 is 1.84. The van der Waals surface area contributed by atoms with Crippen molar-refractivity contribution < 1.29 is 9.52 Å². The van der Waals surface area contributed by atoms with Crippen LogP contribution in [0.4, 0.5) is 0 Å². The normalized spacial score (nSPS) is 13.2. The average Bonchev–Trinajstić information content (AvgIpc) is 2.56. The van der Waals surface area contributed by atoms with Gasteiger partial charge in [0, 0.05) is 5.56 Å². The first kappa shape index (κ1) is 9.68. The fourth-order valence-corrected chi connectivity index (χ4v) is 1.65. The summed E-state index contributed by atoms with van der Waals surface area (Å²) in [4.78, 5) is 0. The third-order valence-electron chi connectivity index (χ3n) is 1.67. The minimum absolute atomic E-state index is 0.359. The predicted molar refractivity (Wildman–Crippen MR) is 51.3 cm³/mol. The molecule has 68 valence electrons. The van der Waals surface area contributed by atoms with E-state index in [-0.39, 0.29) is 6.10 Å². The molecule has 3 heteroatoms. The third kappa shape index (κ3) is 2.91. The van der Waals surface area contributed by atoms with Crippen LogP contribution < -0.4 is 0 Å². The Morgan fingerprint density at radius 3 is 3.08 bits per heavy atom. The van der Waals surface area contributed by atoms with Gasteiger partial charge in [0.05, 0.1) is 18.6 Å². The van der Waals surface area contributed by atoms with Gasteiger partial charge in [0.2, 0.25) is 0 Å². The molecule has 0 radical (unpaired) electrons. The van der Waals surface area contributed by atoms with E-state index < -0.39 is 0 Å². The minimum atomic E-state index is -0.359. The van der Waals surface area contributed by atoms with Crippen LogP contribution in [0.5, 0.6) is 0 Å². The SMILES string of the molecule is CCSCCC(O)c1ccoc1. The molecule has 0 fully saturated rings. The molecule has 0 bridgehead atoms. The van der Waals surface area contributed by atoms with Crippen molar-refractivity contribution in [3.8, 4) is 0 Å². The van der Waals surface area contributed by atoms with Gasteiger partial charge in [-0.1, -0.05) is 6.92 Å². The molecule has 12 heavy (non-hydrogen) atoms. The Morgan fingerprint density at radius 1 is 1.67 bits per heavy atom. The number of aliphatic hydroxyl groups excluding tert-OH is 1. The van der Waals surface area contributed by atoms with Crippen molar-refractivity contribution in [1.29, 1.82) is 0 Å². The van der Waals surface area contributed by atoms with E-state index in [9.17, 15) is 5.11 Å². The van der Waals surface area contributed by atoms with E-state index in [2.05, 4.69) is 6.92 Å². The van der Waals surface area contributed by atoms with Crippen molar-refractivity contribution in [1.82, 2.24) is 0 Å². The highest BCUT2D eigenvalue weighted by atomic mass is 32.2. The molecular formula is C9H14O2S. The largest absolute Gasteiger partial charge is 0.472 e. The summed E-state index contributed by atoms with van der Waals surface area (Å²) in [6.07, 6.45) is 3.63. The van der Waals surface area contributed by atoms with Gasteiger partial charge in [0.25, 0.3) is 0 Å². The van der Waals surface area contributed by atoms with Gasteiger partial charge < -0.3 is 9.52 Å². The lowest BCUT2D eigenvalue weighted by Gasteiger charge is -2.06. The van der Waals surface area contributed by atoms with Crippen LogP contribution in [0.25, 0.3) is 0 Å². The van der Waals surface area contributed by atoms with E-state index in [4.69, 9.17) is 4.42 Å². The van der Waals surface area contributed by atoms with Crippen LogP contribution >= 0.6 is 11.8 Å². The summed E-state index contributed by atoms with van der Waals surface area (Å²) in [5.41, 5.74) is 0.881. The van der Waals surface area contributed by atoms with E-state index in [0.29, 0.717) is 0 Å². The number of furan rings is 1. The lowest BCUT2D eigenvalue weighted by molar-refractivity contribution is 0.174. The van der Waals surface area contributed by atoms with Crippen LogP contribution in [0, 0.1) is 0 Å². The lowest BCUT2D eigenvalue weighted by Crippen LogP contribution is -1.97. The van der Waals surface area contributed by atoms with E-state index in [1.807, 2.05) is 11.8 Å². The number of hydrogen-bond donors (Lipinski definition) is 1. The molecule has 0 spiro atoms. The molecule has 0 aliphatic heterocycles. The first-order chi connectivity index (χ1) is 5.84. The van der Waals surface area contributed by atoms with Gasteiger partial charge in [-0.05, 0) is 24.0 Å². The second-order valence-corrected chi connectivity index (χ2v) is 3.95. The van der Waals surface area contributed by atoms with Crippen molar-refractivity contribution in [3.63, 3.8) is 0 Å². The second-order valence-electron chi connectivity index (χ2n) is 2.56. The van der Waals surface area contributed by atoms with Crippen molar-refractivity contribution in [2.45, 2.75) is 19.4 Å². The van der Waals surface area contributed by atoms with Crippen molar-refractivity contribution in [3.05, 3.63) is 24.2 Å². The van der Waals surface area contributed by atoms with E-state index in [1.165, 1.54) is 0 Å². The highest BCUT2D eigenvalue weighted by Crippen LogP contribution is 2.18. The Kier molecular flexibility index (Phi) is 4.25. The zero-order chi connectivity index (χ0) is 8.81. The predicted octanol–water partition coefficient (Wildman–Crippen LogP) is 2.46. The highest BCUT2D eigenvalue weighted by Gasteiger charge is 2.07. The summed E-state index contributed by atoms with van der Waals surface area (Å²) < 4.78 is 4.88. The van der Waals surface area contributed by atoms with Gasteiger partial charge >= 0.3 is 0 Å². The molecule has 0 aliphatic carbocycles. The lowest BCUT2D eigenvalue weighted by atomic mass is 10.1. The van der Waals surface area contributed by atoms with Crippen LogP contribution in [0.1, 0.15) is 25.0 Å². The Morgan fingerprint density at radius 2 is 2.50 bits per heavy atom. The minimum Gasteiger partial charge on any atom is -0.472 e. The molecule has 1 rings (SSSR count). The Labute approximate surface area is 77.0 Å². The Hall–Kier alpha value is -0.410. The van der Waals surface area contributed by atoms with Gasteiger partial charge in [0.1, 0.15) is 0 Å². The summed E-state index contributed by atoms with van der Waals surface area (Å²) in [6.45, 7) is 2.12. The molecule has 1 N–H and O–H groups in total. The van der Waals surface area contributed by atoms with Crippen LogP contribution in [-0.4, -0.2) is 16.6 Å². The standard InChI is InChI=1S/C9H14O2S/c1-2-12-6-4-9(10)8-3-5-11-7-8/h3,5,7,9-10H,2,4,6H2,1H3. The molecule has 0 aromatic carbocycles. The smallest absolute Gasteiger partial charge is 0.0960 e. The van der Waals surface area contributed by atoms with Gasteiger partial charge in [-0.25, -0.2) is 0 Å². The molecule has 0 aliphatic rings. The monoisotopic (exact) mass is 186 g/mol. The zero-order valence-electron chi connectivity index (χ0n) is 7.19. The quantitative estimate of drug-likeness (QED) is 0.717. The number of rotatable bonds is 5. The number of thioether (sulfide) groups is 1. The number of hydrogen-bond acceptors (Lipinski definition) is 3. The maximum Gasteiger partial charge on any atom is 0.0960 e.